The van der Waals surface area contributed by atoms with Gasteiger partial charge in [-0.1, -0.05) is 0 Å². The van der Waals surface area contributed by atoms with Crippen molar-refractivity contribution in [2.45, 2.75) is 44.8 Å². The second-order valence-corrected chi connectivity index (χ2v) is 6.97. The zero-order chi connectivity index (χ0) is 19.6. The van der Waals surface area contributed by atoms with Crippen molar-refractivity contribution >= 4 is 17.6 Å². The molecule has 0 aromatic carbocycles. The lowest BCUT2D eigenvalue weighted by Gasteiger charge is -2.34. The van der Waals surface area contributed by atoms with Crippen LogP contribution in [0.2, 0.25) is 0 Å². The number of aromatic nitrogens is 2. The maximum absolute atomic E-state index is 12.9. The van der Waals surface area contributed by atoms with E-state index in [0.29, 0.717) is 45.3 Å². The molecule has 3 rings (SSSR count). The summed E-state index contributed by atoms with van der Waals surface area (Å²) in [5, 5.41) is 5.68. The van der Waals surface area contributed by atoms with Gasteiger partial charge in [0.05, 0.1) is 5.92 Å². The van der Waals surface area contributed by atoms with Crippen molar-refractivity contribution in [1.29, 1.82) is 0 Å². The van der Waals surface area contributed by atoms with Crippen LogP contribution in [0.5, 0.6) is 0 Å². The highest BCUT2D eigenvalue weighted by molar-refractivity contribution is 5.83. The standard InChI is InChI=1S/C17H22F3N5O2/c1-10-22-13(17(18,19)20)8-14(23-10)25-6-4-12(5-7-25)24-16(27)11-2-3-15(26)21-9-11/h8,11-12H,2-7,9H2,1H3,(H,21,26)(H,24,27)/t11-/m0/s1. The predicted molar refractivity (Wildman–Crippen MR) is 90.9 cm³/mol. The number of anilines is 1. The Labute approximate surface area is 154 Å². The average molecular weight is 385 g/mol. The summed E-state index contributed by atoms with van der Waals surface area (Å²) in [7, 11) is 0. The number of carbonyl (C=O) groups is 2. The van der Waals surface area contributed by atoms with Crippen molar-refractivity contribution in [2.75, 3.05) is 24.5 Å². The van der Waals surface area contributed by atoms with E-state index in [4.69, 9.17) is 0 Å². The van der Waals surface area contributed by atoms with Gasteiger partial charge in [-0.2, -0.15) is 13.2 Å². The number of hydrogen-bond acceptors (Lipinski definition) is 5. The van der Waals surface area contributed by atoms with Gasteiger partial charge in [0, 0.05) is 38.2 Å². The third-order valence-corrected chi connectivity index (χ3v) is 4.92. The fourth-order valence-corrected chi connectivity index (χ4v) is 3.39. The minimum Gasteiger partial charge on any atom is -0.356 e. The molecule has 0 spiro atoms. The van der Waals surface area contributed by atoms with E-state index in [-0.39, 0.29) is 35.4 Å². The minimum atomic E-state index is -4.51. The molecule has 0 radical (unpaired) electrons. The van der Waals surface area contributed by atoms with Crippen LogP contribution >= 0.6 is 0 Å². The molecule has 0 bridgehead atoms. The smallest absolute Gasteiger partial charge is 0.356 e. The molecule has 0 unspecified atom stereocenters. The quantitative estimate of drug-likeness (QED) is 0.822. The van der Waals surface area contributed by atoms with Gasteiger partial charge in [0.1, 0.15) is 17.3 Å². The Morgan fingerprint density at radius 2 is 1.96 bits per heavy atom. The number of rotatable bonds is 3. The van der Waals surface area contributed by atoms with Crippen LogP contribution in [0.15, 0.2) is 6.07 Å². The lowest BCUT2D eigenvalue weighted by Crippen LogP contribution is -2.49. The number of alkyl halides is 3. The van der Waals surface area contributed by atoms with Crippen molar-refractivity contribution in [3.05, 3.63) is 17.6 Å². The largest absolute Gasteiger partial charge is 0.433 e. The molecule has 2 saturated heterocycles. The molecule has 1 atom stereocenters. The number of hydrogen-bond donors (Lipinski definition) is 2. The highest BCUT2D eigenvalue weighted by atomic mass is 19.4. The van der Waals surface area contributed by atoms with Gasteiger partial charge in [0.2, 0.25) is 11.8 Å². The third kappa shape index (κ3) is 4.86. The van der Waals surface area contributed by atoms with Gasteiger partial charge in [-0.25, -0.2) is 9.97 Å². The van der Waals surface area contributed by atoms with Crippen LogP contribution in [0, 0.1) is 12.8 Å². The molecule has 2 aliphatic heterocycles. The lowest BCUT2D eigenvalue weighted by atomic mass is 9.97. The molecule has 27 heavy (non-hydrogen) atoms. The Balaban J connectivity index is 1.55. The first-order valence-electron chi connectivity index (χ1n) is 8.97. The van der Waals surface area contributed by atoms with E-state index in [2.05, 4.69) is 20.6 Å². The van der Waals surface area contributed by atoms with Gasteiger partial charge in [0.15, 0.2) is 0 Å². The third-order valence-electron chi connectivity index (χ3n) is 4.92. The molecule has 148 valence electrons. The molecule has 0 saturated carbocycles. The Morgan fingerprint density at radius 1 is 1.26 bits per heavy atom. The maximum Gasteiger partial charge on any atom is 0.433 e. The molecule has 2 fully saturated rings. The van der Waals surface area contributed by atoms with E-state index in [0.717, 1.165) is 6.07 Å². The summed E-state index contributed by atoms with van der Waals surface area (Å²) in [6, 6.07) is 0.938. The summed E-state index contributed by atoms with van der Waals surface area (Å²) in [6.45, 7) is 2.79. The van der Waals surface area contributed by atoms with Gasteiger partial charge >= 0.3 is 6.18 Å². The van der Waals surface area contributed by atoms with Crippen molar-refractivity contribution in [3.63, 3.8) is 0 Å². The Kier molecular flexibility index (Phi) is 5.52. The Hall–Kier alpha value is -2.39. The summed E-state index contributed by atoms with van der Waals surface area (Å²) >= 11 is 0. The number of nitrogens with zero attached hydrogens (tertiary/aromatic N) is 3. The number of amides is 2. The van der Waals surface area contributed by atoms with Gasteiger partial charge in [0.25, 0.3) is 0 Å². The molecule has 2 amide bonds. The van der Waals surface area contributed by atoms with Crippen LogP contribution in [0.3, 0.4) is 0 Å². The van der Waals surface area contributed by atoms with Crippen LogP contribution in [0.4, 0.5) is 19.0 Å². The van der Waals surface area contributed by atoms with E-state index in [1.807, 2.05) is 0 Å². The summed E-state index contributed by atoms with van der Waals surface area (Å²) in [6.07, 6.45) is -2.38. The number of aryl methyl sites for hydroxylation is 1. The number of carbonyl (C=O) groups excluding carboxylic acids is 2. The van der Waals surface area contributed by atoms with Crippen molar-refractivity contribution in [2.24, 2.45) is 5.92 Å². The fraction of sp³-hybridized carbons (Fsp3) is 0.647. The van der Waals surface area contributed by atoms with Gasteiger partial charge in [-0.3, -0.25) is 9.59 Å². The number of piperidine rings is 2. The average Bonchev–Trinajstić information content (AvgIpc) is 2.61. The number of halogens is 3. The van der Waals surface area contributed by atoms with E-state index in [9.17, 15) is 22.8 Å². The zero-order valence-corrected chi connectivity index (χ0v) is 15.0. The van der Waals surface area contributed by atoms with Crippen LogP contribution in [0.25, 0.3) is 0 Å². The highest BCUT2D eigenvalue weighted by Crippen LogP contribution is 2.30. The molecule has 10 heteroatoms. The van der Waals surface area contributed by atoms with Gasteiger partial charge < -0.3 is 15.5 Å². The maximum atomic E-state index is 12.9. The van der Waals surface area contributed by atoms with E-state index in [1.165, 1.54) is 6.92 Å². The summed E-state index contributed by atoms with van der Waals surface area (Å²) in [4.78, 5) is 32.8. The molecule has 2 aliphatic rings. The summed E-state index contributed by atoms with van der Waals surface area (Å²) < 4.78 is 38.8. The van der Waals surface area contributed by atoms with Crippen molar-refractivity contribution in [3.8, 4) is 0 Å². The monoisotopic (exact) mass is 385 g/mol. The Bertz CT molecular complexity index is 707. The van der Waals surface area contributed by atoms with Crippen LogP contribution in [-0.4, -0.2) is 47.5 Å². The second-order valence-electron chi connectivity index (χ2n) is 6.97. The van der Waals surface area contributed by atoms with Gasteiger partial charge in [-0.05, 0) is 26.2 Å². The molecule has 0 aliphatic carbocycles. The second kappa shape index (κ2) is 7.69. The zero-order valence-electron chi connectivity index (χ0n) is 15.0. The Morgan fingerprint density at radius 3 is 2.56 bits per heavy atom. The minimum absolute atomic E-state index is 0.0311. The first-order chi connectivity index (χ1) is 12.7. The summed E-state index contributed by atoms with van der Waals surface area (Å²) in [5.41, 5.74) is -0.945. The number of nitrogens with one attached hydrogen (secondary N) is 2. The highest BCUT2D eigenvalue weighted by Gasteiger charge is 2.34. The lowest BCUT2D eigenvalue weighted by molar-refractivity contribution is -0.141. The van der Waals surface area contributed by atoms with E-state index < -0.39 is 11.9 Å². The first-order valence-corrected chi connectivity index (χ1v) is 8.97. The molecular formula is C17H22F3N5O2. The van der Waals surface area contributed by atoms with E-state index >= 15 is 0 Å². The van der Waals surface area contributed by atoms with Crippen LogP contribution in [0.1, 0.15) is 37.2 Å². The van der Waals surface area contributed by atoms with Crippen molar-refractivity contribution < 1.29 is 22.8 Å². The topological polar surface area (TPSA) is 87.2 Å². The molecule has 2 N–H and O–H groups in total. The van der Waals surface area contributed by atoms with Crippen molar-refractivity contribution in [1.82, 2.24) is 20.6 Å². The molecule has 7 nitrogen and oxygen atoms in total. The molecular weight excluding hydrogens is 363 g/mol. The SMILES string of the molecule is Cc1nc(N2CCC(NC(=O)[C@H]3CCC(=O)NC3)CC2)cc(C(F)(F)F)n1. The van der Waals surface area contributed by atoms with E-state index in [1.54, 1.807) is 4.90 Å². The molecule has 1 aromatic rings. The van der Waals surface area contributed by atoms with Gasteiger partial charge in [-0.15, -0.1) is 0 Å². The molecule has 3 heterocycles. The van der Waals surface area contributed by atoms with Crippen LogP contribution < -0.4 is 15.5 Å². The first kappa shape index (κ1) is 19.4. The van der Waals surface area contributed by atoms with Crippen LogP contribution in [-0.2, 0) is 15.8 Å². The molecule has 1 aromatic heterocycles. The fourth-order valence-electron chi connectivity index (χ4n) is 3.39. The predicted octanol–water partition coefficient (Wildman–Crippen LogP) is 1.42. The summed E-state index contributed by atoms with van der Waals surface area (Å²) in [5.74, 6) is 0.000181. The normalized spacial score (nSPS) is 21.7.